The summed E-state index contributed by atoms with van der Waals surface area (Å²) in [5.41, 5.74) is 5.80. The maximum atomic E-state index is 13.9. The normalized spacial score (nSPS) is 20.2. The SMILES string of the molecule is CN1N(CCCC(=O)NNC=S)C=NC1(O)c1ccc(F)cc1F. The molecule has 1 atom stereocenters. The third-order valence-electron chi connectivity index (χ3n) is 3.56. The Hall–Kier alpha value is -2.17. The fourth-order valence-corrected chi connectivity index (χ4v) is 2.33. The molecule has 1 aliphatic heterocycles. The van der Waals surface area contributed by atoms with Gasteiger partial charge in [-0.05, 0) is 18.6 Å². The number of benzene rings is 1. The van der Waals surface area contributed by atoms with E-state index in [1.165, 1.54) is 23.9 Å². The van der Waals surface area contributed by atoms with E-state index in [1.54, 1.807) is 5.01 Å². The van der Waals surface area contributed by atoms with Gasteiger partial charge >= 0.3 is 0 Å². The summed E-state index contributed by atoms with van der Waals surface area (Å²) >= 11 is 4.51. The lowest BCUT2D eigenvalue weighted by molar-refractivity contribution is -0.155. The number of nitrogens with zero attached hydrogens (tertiary/aromatic N) is 3. The van der Waals surface area contributed by atoms with Crippen molar-refractivity contribution in [3.63, 3.8) is 0 Å². The molecule has 1 amide bonds. The van der Waals surface area contributed by atoms with Gasteiger partial charge in [0.25, 0.3) is 5.85 Å². The molecule has 0 spiro atoms. The molecule has 1 aromatic rings. The third-order valence-corrected chi connectivity index (χ3v) is 3.68. The van der Waals surface area contributed by atoms with Gasteiger partial charge < -0.3 is 5.11 Å². The molecule has 0 saturated carbocycles. The first-order chi connectivity index (χ1) is 11.4. The van der Waals surface area contributed by atoms with Crippen molar-refractivity contribution in [1.29, 1.82) is 0 Å². The van der Waals surface area contributed by atoms with Crippen molar-refractivity contribution in [3.8, 4) is 0 Å². The molecule has 10 heteroatoms. The van der Waals surface area contributed by atoms with Crippen LogP contribution < -0.4 is 10.9 Å². The van der Waals surface area contributed by atoms with E-state index in [0.29, 0.717) is 19.0 Å². The number of hydrogen-bond donors (Lipinski definition) is 3. The van der Waals surface area contributed by atoms with Gasteiger partial charge in [0.15, 0.2) is 0 Å². The molecule has 3 N–H and O–H groups in total. The summed E-state index contributed by atoms with van der Waals surface area (Å²) < 4.78 is 27.0. The van der Waals surface area contributed by atoms with Crippen molar-refractivity contribution in [2.75, 3.05) is 13.6 Å². The Bertz CT molecular complexity index is 660. The van der Waals surface area contributed by atoms with Crippen LogP contribution in [0.2, 0.25) is 0 Å². The Labute approximate surface area is 142 Å². The van der Waals surface area contributed by atoms with Gasteiger partial charge in [-0.25, -0.2) is 13.8 Å². The number of halogens is 2. The smallest absolute Gasteiger partial charge is 0.264 e. The minimum absolute atomic E-state index is 0.159. The van der Waals surface area contributed by atoms with Gasteiger partial charge in [-0.3, -0.25) is 20.7 Å². The van der Waals surface area contributed by atoms with E-state index < -0.39 is 17.5 Å². The van der Waals surface area contributed by atoms with Crippen LogP contribution in [0.3, 0.4) is 0 Å². The van der Waals surface area contributed by atoms with E-state index >= 15 is 0 Å². The molecule has 0 aliphatic carbocycles. The van der Waals surface area contributed by atoms with Crippen LogP contribution in [0.1, 0.15) is 18.4 Å². The first kappa shape index (κ1) is 18.2. The molecule has 0 saturated heterocycles. The van der Waals surface area contributed by atoms with E-state index in [4.69, 9.17) is 0 Å². The van der Waals surface area contributed by atoms with E-state index in [-0.39, 0.29) is 17.9 Å². The number of rotatable bonds is 7. The third kappa shape index (κ3) is 3.83. The zero-order valence-corrected chi connectivity index (χ0v) is 13.7. The number of aliphatic imine (C=N–C) groups is 1. The Balaban J connectivity index is 1.97. The van der Waals surface area contributed by atoms with Crippen LogP contribution in [-0.4, -0.2) is 46.5 Å². The number of nitrogens with one attached hydrogen (secondary N) is 2. The summed E-state index contributed by atoms with van der Waals surface area (Å²) in [7, 11) is 1.52. The molecule has 2 rings (SSSR count). The predicted octanol–water partition coefficient (Wildman–Crippen LogP) is 0.616. The second kappa shape index (κ2) is 7.60. The van der Waals surface area contributed by atoms with Crippen LogP contribution in [0.25, 0.3) is 0 Å². The Morgan fingerprint density at radius 2 is 2.25 bits per heavy atom. The fourth-order valence-electron chi connectivity index (χ4n) is 2.27. The molecule has 1 heterocycles. The van der Waals surface area contributed by atoms with Gasteiger partial charge in [0.05, 0.1) is 11.1 Å². The molecule has 1 aliphatic rings. The van der Waals surface area contributed by atoms with Crippen molar-refractivity contribution >= 4 is 30.0 Å². The molecule has 130 valence electrons. The number of thiocarbonyl (C=S) groups is 1. The maximum absolute atomic E-state index is 13.9. The molecule has 0 aromatic heterocycles. The minimum atomic E-state index is -1.96. The summed E-state index contributed by atoms with van der Waals surface area (Å²) in [6.07, 6.45) is 2.02. The summed E-state index contributed by atoms with van der Waals surface area (Å²) in [6, 6.07) is 2.88. The molecule has 24 heavy (non-hydrogen) atoms. The number of hydrogen-bond acceptors (Lipinski definition) is 6. The van der Waals surface area contributed by atoms with Crippen molar-refractivity contribution < 1.29 is 18.7 Å². The Morgan fingerprint density at radius 3 is 2.92 bits per heavy atom. The summed E-state index contributed by atoms with van der Waals surface area (Å²) in [4.78, 5) is 15.4. The van der Waals surface area contributed by atoms with Crippen molar-refractivity contribution in [3.05, 3.63) is 35.4 Å². The van der Waals surface area contributed by atoms with Crippen LogP contribution in [0.4, 0.5) is 8.78 Å². The molecule has 0 bridgehead atoms. The second-order valence-corrected chi connectivity index (χ2v) is 5.34. The van der Waals surface area contributed by atoms with Crippen LogP contribution in [0, 0.1) is 11.6 Å². The number of hydrazine groups is 2. The van der Waals surface area contributed by atoms with Crippen LogP contribution in [0.5, 0.6) is 0 Å². The van der Waals surface area contributed by atoms with E-state index in [0.717, 1.165) is 12.1 Å². The van der Waals surface area contributed by atoms with Crippen LogP contribution in [0.15, 0.2) is 23.2 Å². The molecule has 7 nitrogen and oxygen atoms in total. The lowest BCUT2D eigenvalue weighted by Crippen LogP contribution is -2.47. The standard InChI is InChI=1S/C14H17F2N5O2S/c1-20-14(23,11-5-4-10(15)7-12(11)16)17-8-21(20)6-2-3-13(22)19-18-9-24/h4-5,7-9,23H,2-3,6H2,1H3,(H,18,24)(H,19,22). The number of amides is 1. The molecular formula is C14H17F2N5O2S. The molecule has 0 radical (unpaired) electrons. The van der Waals surface area contributed by atoms with Gasteiger partial charge in [0.2, 0.25) is 5.91 Å². The lowest BCUT2D eigenvalue weighted by Gasteiger charge is -2.34. The highest BCUT2D eigenvalue weighted by Crippen LogP contribution is 2.32. The average Bonchev–Trinajstić information content (AvgIpc) is 2.82. The van der Waals surface area contributed by atoms with E-state index in [9.17, 15) is 18.7 Å². The number of carbonyl (C=O) groups is 1. The van der Waals surface area contributed by atoms with Gasteiger partial charge in [-0.2, -0.15) is 5.01 Å². The van der Waals surface area contributed by atoms with Crippen molar-refractivity contribution in [2.45, 2.75) is 18.7 Å². The van der Waals surface area contributed by atoms with Crippen molar-refractivity contribution in [1.82, 2.24) is 20.9 Å². The number of aliphatic hydroxyl groups is 1. The van der Waals surface area contributed by atoms with Crippen molar-refractivity contribution in [2.24, 2.45) is 4.99 Å². The lowest BCUT2D eigenvalue weighted by atomic mass is 10.1. The Kier molecular flexibility index (Phi) is 5.75. The summed E-state index contributed by atoms with van der Waals surface area (Å²) in [5, 5.41) is 13.5. The first-order valence-corrected chi connectivity index (χ1v) is 7.57. The molecule has 1 aromatic carbocycles. The van der Waals surface area contributed by atoms with Crippen LogP contribution in [-0.2, 0) is 10.6 Å². The summed E-state index contributed by atoms with van der Waals surface area (Å²) in [5.74, 6) is -3.83. The van der Waals surface area contributed by atoms with Gasteiger partial charge in [-0.15, -0.1) is 0 Å². The Morgan fingerprint density at radius 1 is 1.50 bits per heavy atom. The summed E-state index contributed by atoms with van der Waals surface area (Å²) in [6.45, 7) is 0.371. The topological polar surface area (TPSA) is 80.2 Å². The zero-order valence-electron chi connectivity index (χ0n) is 12.9. The highest BCUT2D eigenvalue weighted by atomic mass is 32.1. The maximum Gasteiger partial charge on any atom is 0.264 e. The molecule has 0 fully saturated rings. The number of carbonyl (C=O) groups excluding carboxylic acids is 1. The van der Waals surface area contributed by atoms with Gasteiger partial charge in [0.1, 0.15) is 18.0 Å². The molecule has 1 unspecified atom stereocenters. The van der Waals surface area contributed by atoms with Gasteiger partial charge in [-0.1, -0.05) is 12.2 Å². The minimum Gasteiger partial charge on any atom is -0.352 e. The quantitative estimate of drug-likeness (QED) is 0.490. The monoisotopic (exact) mass is 357 g/mol. The second-order valence-electron chi connectivity index (χ2n) is 5.10. The highest BCUT2D eigenvalue weighted by molar-refractivity contribution is 7.78. The van der Waals surface area contributed by atoms with E-state index in [1.807, 2.05) is 0 Å². The average molecular weight is 357 g/mol. The van der Waals surface area contributed by atoms with E-state index in [2.05, 4.69) is 28.1 Å². The highest BCUT2D eigenvalue weighted by Gasteiger charge is 2.42. The first-order valence-electron chi connectivity index (χ1n) is 7.10. The fraction of sp³-hybridized carbons (Fsp3) is 0.357. The van der Waals surface area contributed by atoms with Gasteiger partial charge in [0, 0.05) is 26.1 Å². The largest absolute Gasteiger partial charge is 0.352 e. The predicted molar refractivity (Wildman–Crippen MR) is 87.4 cm³/mol. The van der Waals surface area contributed by atoms with Crippen LogP contribution >= 0.6 is 12.2 Å². The molecular weight excluding hydrogens is 340 g/mol. The zero-order chi connectivity index (χ0) is 17.7.